The Morgan fingerprint density at radius 1 is 1.24 bits per heavy atom. The molecule has 1 saturated heterocycles. The van der Waals surface area contributed by atoms with Crippen LogP contribution < -0.4 is 5.32 Å². The van der Waals surface area contributed by atoms with Crippen LogP contribution >= 0.6 is 0 Å². The number of rotatable bonds is 2. The smallest absolute Gasteiger partial charge is 0.251 e. The largest absolute Gasteiger partial charge is 0.390 e. The van der Waals surface area contributed by atoms with Crippen LogP contribution in [0.15, 0.2) is 30.3 Å². The van der Waals surface area contributed by atoms with Crippen molar-refractivity contribution in [2.24, 2.45) is 0 Å². The van der Waals surface area contributed by atoms with Gasteiger partial charge in [-0.05, 0) is 12.1 Å². The Morgan fingerprint density at radius 2 is 1.88 bits per heavy atom. The summed E-state index contributed by atoms with van der Waals surface area (Å²) < 4.78 is 22.5. The molecule has 2 N–H and O–H groups in total. The third-order valence-corrected chi connectivity index (χ3v) is 4.39. The molecular weight excluding hydrogens is 242 g/mol. The molecule has 2 rings (SSSR count). The van der Waals surface area contributed by atoms with Gasteiger partial charge in [0.15, 0.2) is 9.84 Å². The highest BCUT2D eigenvalue weighted by molar-refractivity contribution is 7.91. The number of amides is 1. The molecule has 92 valence electrons. The van der Waals surface area contributed by atoms with E-state index in [0.29, 0.717) is 5.56 Å². The maximum atomic E-state index is 11.7. The van der Waals surface area contributed by atoms with Gasteiger partial charge < -0.3 is 10.4 Å². The molecule has 17 heavy (non-hydrogen) atoms. The lowest BCUT2D eigenvalue weighted by Gasteiger charge is -2.14. The van der Waals surface area contributed by atoms with Crippen molar-refractivity contribution in [3.8, 4) is 0 Å². The Kier molecular flexibility index (Phi) is 3.17. The van der Waals surface area contributed by atoms with E-state index in [0.717, 1.165) is 0 Å². The number of carbonyl (C=O) groups excluding carboxylic acids is 1. The van der Waals surface area contributed by atoms with E-state index in [1.807, 2.05) is 0 Å². The molecule has 2 atom stereocenters. The first kappa shape index (κ1) is 12.1. The van der Waals surface area contributed by atoms with Crippen LogP contribution in [0.1, 0.15) is 10.4 Å². The normalized spacial score (nSPS) is 26.6. The molecule has 0 saturated carbocycles. The van der Waals surface area contributed by atoms with Crippen LogP contribution in [0.5, 0.6) is 0 Å². The van der Waals surface area contributed by atoms with E-state index >= 15 is 0 Å². The van der Waals surface area contributed by atoms with Crippen molar-refractivity contribution in [2.75, 3.05) is 11.5 Å². The zero-order valence-electron chi connectivity index (χ0n) is 9.04. The van der Waals surface area contributed by atoms with E-state index in [4.69, 9.17) is 0 Å². The Balaban J connectivity index is 2.06. The fourth-order valence-electron chi connectivity index (χ4n) is 1.81. The van der Waals surface area contributed by atoms with Crippen molar-refractivity contribution in [1.29, 1.82) is 0 Å². The van der Waals surface area contributed by atoms with Crippen molar-refractivity contribution < 1.29 is 18.3 Å². The molecule has 0 aliphatic carbocycles. The van der Waals surface area contributed by atoms with E-state index in [2.05, 4.69) is 5.32 Å². The van der Waals surface area contributed by atoms with Crippen LogP contribution in [0.25, 0.3) is 0 Å². The van der Waals surface area contributed by atoms with Gasteiger partial charge >= 0.3 is 0 Å². The Labute approximate surface area is 99.4 Å². The number of sulfone groups is 1. The monoisotopic (exact) mass is 255 g/mol. The van der Waals surface area contributed by atoms with Crippen LogP contribution in [-0.4, -0.2) is 43.1 Å². The van der Waals surface area contributed by atoms with Gasteiger partial charge in [0.2, 0.25) is 0 Å². The fourth-order valence-corrected chi connectivity index (χ4v) is 3.55. The molecule has 0 spiro atoms. The summed E-state index contributed by atoms with van der Waals surface area (Å²) in [6, 6.07) is 7.77. The summed E-state index contributed by atoms with van der Waals surface area (Å²) in [7, 11) is -3.24. The van der Waals surface area contributed by atoms with Crippen molar-refractivity contribution in [2.45, 2.75) is 12.1 Å². The first-order valence-corrected chi connectivity index (χ1v) is 7.04. The summed E-state index contributed by atoms with van der Waals surface area (Å²) >= 11 is 0. The maximum Gasteiger partial charge on any atom is 0.251 e. The first-order valence-electron chi connectivity index (χ1n) is 5.22. The minimum absolute atomic E-state index is 0.202. The summed E-state index contributed by atoms with van der Waals surface area (Å²) in [5, 5.41) is 12.1. The highest BCUT2D eigenvalue weighted by Gasteiger charge is 2.37. The molecular formula is C11H13NO4S. The van der Waals surface area contributed by atoms with Gasteiger partial charge in [-0.15, -0.1) is 0 Å². The van der Waals surface area contributed by atoms with E-state index < -0.39 is 22.0 Å². The second kappa shape index (κ2) is 4.46. The lowest BCUT2D eigenvalue weighted by molar-refractivity contribution is 0.0889. The number of nitrogens with one attached hydrogen (secondary N) is 1. The number of benzene rings is 1. The third kappa shape index (κ3) is 2.83. The number of aliphatic hydroxyl groups excluding tert-OH is 1. The van der Waals surface area contributed by atoms with Gasteiger partial charge in [0.05, 0.1) is 23.7 Å². The second-order valence-electron chi connectivity index (χ2n) is 4.09. The van der Waals surface area contributed by atoms with Gasteiger partial charge in [0.25, 0.3) is 5.91 Å². The fraction of sp³-hybridized carbons (Fsp3) is 0.364. The Hall–Kier alpha value is -1.40. The Morgan fingerprint density at radius 3 is 2.41 bits per heavy atom. The van der Waals surface area contributed by atoms with Gasteiger partial charge in [-0.3, -0.25) is 4.79 Å². The third-order valence-electron chi connectivity index (χ3n) is 2.68. The van der Waals surface area contributed by atoms with Crippen LogP contribution in [0.2, 0.25) is 0 Å². The average molecular weight is 255 g/mol. The minimum Gasteiger partial charge on any atom is -0.390 e. The lowest BCUT2D eigenvalue weighted by atomic mass is 10.1. The lowest BCUT2D eigenvalue weighted by Crippen LogP contribution is -2.42. The van der Waals surface area contributed by atoms with Crippen molar-refractivity contribution in [3.63, 3.8) is 0 Å². The number of carbonyl (C=O) groups is 1. The quantitative estimate of drug-likeness (QED) is 0.751. The van der Waals surface area contributed by atoms with E-state index in [1.54, 1.807) is 30.3 Å². The molecule has 1 heterocycles. The summed E-state index contributed by atoms with van der Waals surface area (Å²) in [5.41, 5.74) is 0.448. The molecule has 0 aromatic heterocycles. The summed E-state index contributed by atoms with van der Waals surface area (Å²) in [5.74, 6) is -0.855. The van der Waals surface area contributed by atoms with Crippen LogP contribution in [0.3, 0.4) is 0 Å². The number of aliphatic hydroxyl groups is 1. The molecule has 6 heteroatoms. The van der Waals surface area contributed by atoms with E-state index in [-0.39, 0.29) is 17.4 Å². The van der Waals surface area contributed by atoms with Gasteiger partial charge in [0.1, 0.15) is 0 Å². The molecule has 1 fully saturated rings. The highest BCUT2D eigenvalue weighted by atomic mass is 32.2. The predicted molar refractivity (Wildman–Crippen MR) is 62.4 cm³/mol. The molecule has 1 aliphatic rings. The molecule has 5 nitrogen and oxygen atoms in total. The number of hydrogen-bond acceptors (Lipinski definition) is 4. The van der Waals surface area contributed by atoms with Crippen molar-refractivity contribution >= 4 is 15.7 Å². The molecule has 0 unspecified atom stereocenters. The van der Waals surface area contributed by atoms with Crippen LogP contribution in [-0.2, 0) is 9.84 Å². The van der Waals surface area contributed by atoms with E-state index in [9.17, 15) is 18.3 Å². The Bertz CT molecular complexity index is 512. The summed E-state index contributed by atoms with van der Waals surface area (Å²) in [4.78, 5) is 11.7. The topological polar surface area (TPSA) is 83.5 Å². The zero-order chi connectivity index (χ0) is 12.5. The second-order valence-corrected chi connectivity index (χ2v) is 6.24. The van der Waals surface area contributed by atoms with Gasteiger partial charge in [-0.2, -0.15) is 0 Å². The average Bonchev–Trinajstić information content (AvgIpc) is 2.53. The van der Waals surface area contributed by atoms with Crippen LogP contribution in [0, 0.1) is 0 Å². The first-order chi connectivity index (χ1) is 7.98. The predicted octanol–water partition coefficient (Wildman–Crippen LogP) is -0.426. The van der Waals surface area contributed by atoms with Crippen LogP contribution in [0.4, 0.5) is 0 Å². The maximum absolute atomic E-state index is 11.7. The molecule has 1 aromatic rings. The molecule has 1 amide bonds. The molecule has 0 radical (unpaired) electrons. The van der Waals surface area contributed by atoms with Crippen molar-refractivity contribution in [1.82, 2.24) is 5.32 Å². The molecule has 1 aromatic carbocycles. The standard InChI is InChI=1S/C11H13NO4S/c13-10-7-17(15,16)6-9(10)12-11(14)8-4-2-1-3-5-8/h1-5,9-10,13H,6-7H2,(H,12,14)/t9-,10+/m0/s1. The van der Waals surface area contributed by atoms with Gasteiger partial charge in [0, 0.05) is 5.56 Å². The van der Waals surface area contributed by atoms with Gasteiger partial charge in [-0.1, -0.05) is 18.2 Å². The zero-order valence-corrected chi connectivity index (χ0v) is 9.85. The number of hydrogen-bond donors (Lipinski definition) is 2. The summed E-state index contributed by atoms with van der Waals surface area (Å²) in [6.45, 7) is 0. The van der Waals surface area contributed by atoms with Crippen molar-refractivity contribution in [3.05, 3.63) is 35.9 Å². The SMILES string of the molecule is O=C(N[C@H]1CS(=O)(=O)C[C@H]1O)c1ccccc1. The van der Waals surface area contributed by atoms with E-state index in [1.165, 1.54) is 0 Å². The molecule has 0 bridgehead atoms. The highest BCUT2D eigenvalue weighted by Crippen LogP contribution is 2.13. The van der Waals surface area contributed by atoms with Gasteiger partial charge in [-0.25, -0.2) is 8.42 Å². The minimum atomic E-state index is -3.24. The summed E-state index contributed by atoms with van der Waals surface area (Å²) in [6.07, 6.45) is -1.02. The molecule has 1 aliphatic heterocycles.